The van der Waals surface area contributed by atoms with Crippen molar-refractivity contribution in [2.24, 2.45) is 0 Å². The van der Waals surface area contributed by atoms with E-state index in [1.54, 1.807) is 19.1 Å². The van der Waals surface area contributed by atoms with Gasteiger partial charge in [0.15, 0.2) is 0 Å². The van der Waals surface area contributed by atoms with Gasteiger partial charge in [-0.2, -0.15) is 0 Å². The third kappa shape index (κ3) is 3.82. The quantitative estimate of drug-likeness (QED) is 0.653. The maximum absolute atomic E-state index is 12.9. The fraction of sp³-hybridized carbons (Fsp3) is 0.250. The highest BCUT2D eigenvalue weighted by Gasteiger charge is 2.12. The summed E-state index contributed by atoms with van der Waals surface area (Å²) in [5.41, 5.74) is 3.12. The van der Waals surface area contributed by atoms with Gasteiger partial charge in [-0.1, -0.05) is 30.3 Å². The molecule has 1 atom stereocenters. The summed E-state index contributed by atoms with van der Waals surface area (Å²) in [4.78, 5) is 15.2. The molecule has 1 heterocycles. The van der Waals surface area contributed by atoms with E-state index in [9.17, 15) is 9.18 Å². The Labute approximate surface area is 140 Å². The van der Waals surface area contributed by atoms with E-state index in [2.05, 4.69) is 11.1 Å². The van der Waals surface area contributed by atoms with Crippen LogP contribution in [0.15, 0.2) is 54.7 Å². The summed E-state index contributed by atoms with van der Waals surface area (Å²) in [6.45, 7) is 1.80. The summed E-state index contributed by atoms with van der Waals surface area (Å²) in [5.74, 6) is -0.525. The Bertz CT molecular complexity index is 823. The van der Waals surface area contributed by atoms with Crippen LogP contribution >= 0.6 is 0 Å². The minimum Gasteiger partial charge on any atom is -0.458 e. The second kappa shape index (κ2) is 7.30. The molecule has 0 unspecified atom stereocenters. The molecule has 2 aromatic carbocycles. The van der Waals surface area contributed by atoms with Gasteiger partial charge in [0.2, 0.25) is 0 Å². The predicted molar refractivity (Wildman–Crippen MR) is 92.1 cm³/mol. The molecule has 3 nitrogen and oxygen atoms in total. The van der Waals surface area contributed by atoms with Crippen LogP contribution in [0.5, 0.6) is 0 Å². The number of hydrogen-bond acceptors (Lipinski definition) is 2. The van der Waals surface area contributed by atoms with Crippen molar-refractivity contribution in [3.63, 3.8) is 0 Å². The van der Waals surface area contributed by atoms with Crippen molar-refractivity contribution in [3.05, 3.63) is 71.7 Å². The summed E-state index contributed by atoms with van der Waals surface area (Å²) in [6, 6.07) is 14.1. The van der Waals surface area contributed by atoms with Gasteiger partial charge in [-0.15, -0.1) is 0 Å². The van der Waals surface area contributed by atoms with E-state index in [1.165, 1.54) is 23.1 Å². The molecular weight excluding hydrogens is 305 g/mol. The predicted octanol–water partition coefficient (Wildman–Crippen LogP) is 4.93. The molecule has 0 saturated carbocycles. The number of aryl methyl sites for hydroxylation is 1. The number of esters is 1. The largest absolute Gasteiger partial charge is 0.458 e. The third-order valence-corrected chi connectivity index (χ3v) is 4.15. The molecule has 0 spiro atoms. The van der Waals surface area contributed by atoms with Crippen LogP contribution in [0.3, 0.4) is 0 Å². The summed E-state index contributed by atoms with van der Waals surface area (Å²) >= 11 is 0. The second-order valence-electron chi connectivity index (χ2n) is 5.90. The molecule has 1 aromatic heterocycles. The first kappa shape index (κ1) is 16.2. The molecule has 124 valence electrons. The molecule has 4 heteroatoms. The normalized spacial score (nSPS) is 12.2. The first-order valence-corrected chi connectivity index (χ1v) is 8.13. The van der Waals surface area contributed by atoms with Gasteiger partial charge in [0.25, 0.3) is 0 Å². The topological polar surface area (TPSA) is 42.1 Å². The van der Waals surface area contributed by atoms with Crippen LogP contribution in [-0.2, 0) is 16.0 Å². The molecule has 0 fully saturated rings. The van der Waals surface area contributed by atoms with E-state index in [4.69, 9.17) is 4.74 Å². The van der Waals surface area contributed by atoms with E-state index in [1.807, 2.05) is 24.4 Å². The lowest BCUT2D eigenvalue weighted by Crippen LogP contribution is -2.09. The zero-order chi connectivity index (χ0) is 16.9. The molecule has 1 N–H and O–H groups in total. The van der Waals surface area contributed by atoms with E-state index in [-0.39, 0.29) is 17.9 Å². The van der Waals surface area contributed by atoms with Gasteiger partial charge in [0, 0.05) is 23.5 Å². The van der Waals surface area contributed by atoms with Crippen molar-refractivity contribution in [1.29, 1.82) is 0 Å². The highest BCUT2D eigenvalue weighted by atomic mass is 19.1. The standard InChI is InChI=1S/C20H20FNO2/c1-14(15-9-11-17(21)12-10-15)24-20(23)8-4-5-16-13-22-19-7-3-2-6-18(16)19/h2-3,6-7,9-14,22H,4-5,8H2,1H3/t14-/m1/s1. The van der Waals surface area contributed by atoms with Crippen molar-refractivity contribution in [1.82, 2.24) is 4.98 Å². The highest BCUT2D eigenvalue weighted by molar-refractivity contribution is 5.83. The Kier molecular flexibility index (Phi) is 4.94. The second-order valence-corrected chi connectivity index (χ2v) is 5.90. The zero-order valence-corrected chi connectivity index (χ0v) is 13.6. The molecule has 0 bridgehead atoms. The lowest BCUT2D eigenvalue weighted by molar-refractivity contribution is -0.148. The molecule has 0 radical (unpaired) electrons. The van der Waals surface area contributed by atoms with Gasteiger partial charge >= 0.3 is 5.97 Å². The Balaban J connectivity index is 1.49. The lowest BCUT2D eigenvalue weighted by Gasteiger charge is -2.13. The molecule has 0 aliphatic rings. The Morgan fingerprint density at radius 1 is 1.17 bits per heavy atom. The number of halogens is 1. The first-order chi connectivity index (χ1) is 11.6. The Morgan fingerprint density at radius 3 is 2.71 bits per heavy atom. The summed E-state index contributed by atoms with van der Waals surface area (Å²) in [6.07, 6.45) is 3.55. The summed E-state index contributed by atoms with van der Waals surface area (Å²) in [5, 5.41) is 1.20. The number of benzene rings is 2. The summed E-state index contributed by atoms with van der Waals surface area (Å²) < 4.78 is 18.3. The fourth-order valence-electron chi connectivity index (χ4n) is 2.82. The van der Waals surface area contributed by atoms with Crippen LogP contribution in [0.4, 0.5) is 4.39 Å². The highest BCUT2D eigenvalue weighted by Crippen LogP contribution is 2.21. The number of aromatic nitrogens is 1. The lowest BCUT2D eigenvalue weighted by atomic mass is 10.1. The van der Waals surface area contributed by atoms with Crippen molar-refractivity contribution < 1.29 is 13.9 Å². The van der Waals surface area contributed by atoms with Crippen molar-refractivity contribution in [2.45, 2.75) is 32.3 Å². The van der Waals surface area contributed by atoms with Crippen LogP contribution in [0.2, 0.25) is 0 Å². The molecule has 0 aliphatic heterocycles. The van der Waals surface area contributed by atoms with Gasteiger partial charge in [-0.25, -0.2) is 4.39 Å². The average Bonchev–Trinajstić information content (AvgIpc) is 2.99. The van der Waals surface area contributed by atoms with Gasteiger partial charge in [0.1, 0.15) is 11.9 Å². The van der Waals surface area contributed by atoms with E-state index in [0.717, 1.165) is 23.9 Å². The molecular formula is C20H20FNO2. The number of para-hydroxylation sites is 1. The molecule has 0 saturated heterocycles. The van der Waals surface area contributed by atoms with E-state index < -0.39 is 0 Å². The van der Waals surface area contributed by atoms with Gasteiger partial charge in [-0.3, -0.25) is 4.79 Å². The number of rotatable bonds is 6. The van der Waals surface area contributed by atoms with Gasteiger partial charge in [0.05, 0.1) is 0 Å². The van der Waals surface area contributed by atoms with Crippen molar-refractivity contribution in [2.75, 3.05) is 0 Å². The Hall–Kier alpha value is -2.62. The number of carbonyl (C=O) groups is 1. The Morgan fingerprint density at radius 2 is 1.92 bits per heavy atom. The van der Waals surface area contributed by atoms with Gasteiger partial charge in [-0.05, 0) is 49.1 Å². The molecule has 3 aromatic rings. The average molecular weight is 325 g/mol. The fourth-order valence-corrected chi connectivity index (χ4v) is 2.82. The number of ether oxygens (including phenoxy) is 1. The van der Waals surface area contributed by atoms with Crippen LogP contribution < -0.4 is 0 Å². The molecule has 3 rings (SSSR count). The van der Waals surface area contributed by atoms with E-state index in [0.29, 0.717) is 6.42 Å². The molecule has 0 aliphatic carbocycles. The van der Waals surface area contributed by atoms with Gasteiger partial charge < -0.3 is 9.72 Å². The summed E-state index contributed by atoms with van der Waals surface area (Å²) in [7, 11) is 0. The van der Waals surface area contributed by atoms with Crippen molar-refractivity contribution in [3.8, 4) is 0 Å². The number of aromatic amines is 1. The number of carbonyl (C=O) groups excluding carboxylic acids is 1. The molecule has 0 amide bonds. The molecule has 24 heavy (non-hydrogen) atoms. The maximum Gasteiger partial charge on any atom is 0.306 e. The number of hydrogen-bond donors (Lipinski definition) is 1. The number of nitrogens with one attached hydrogen (secondary N) is 1. The minimum atomic E-state index is -0.369. The monoisotopic (exact) mass is 325 g/mol. The van der Waals surface area contributed by atoms with Crippen molar-refractivity contribution >= 4 is 16.9 Å². The smallest absolute Gasteiger partial charge is 0.306 e. The van der Waals surface area contributed by atoms with Crippen LogP contribution in [0.25, 0.3) is 10.9 Å². The number of fused-ring (bicyclic) bond motifs is 1. The minimum absolute atomic E-state index is 0.230. The first-order valence-electron chi connectivity index (χ1n) is 8.13. The SMILES string of the molecule is C[C@@H](OC(=O)CCCc1c[nH]c2ccccc12)c1ccc(F)cc1. The van der Waals surface area contributed by atoms with Crippen LogP contribution in [0, 0.1) is 5.82 Å². The number of H-pyrrole nitrogens is 1. The zero-order valence-electron chi connectivity index (χ0n) is 13.6. The van der Waals surface area contributed by atoms with E-state index >= 15 is 0 Å². The van der Waals surface area contributed by atoms with Crippen LogP contribution in [-0.4, -0.2) is 11.0 Å². The van der Waals surface area contributed by atoms with Crippen LogP contribution in [0.1, 0.15) is 37.0 Å². The maximum atomic E-state index is 12.9. The third-order valence-electron chi connectivity index (χ3n) is 4.15.